The van der Waals surface area contributed by atoms with Gasteiger partial charge in [0.25, 0.3) is 0 Å². The zero-order valence-electron chi connectivity index (χ0n) is 10.9. The lowest BCUT2D eigenvalue weighted by Crippen LogP contribution is -1.81. The number of aromatic nitrogens is 3. The summed E-state index contributed by atoms with van der Waals surface area (Å²) in [5.41, 5.74) is 3.29. The lowest BCUT2D eigenvalue weighted by atomic mass is 10.1. The number of pyridine rings is 1. The van der Waals surface area contributed by atoms with E-state index in [0.29, 0.717) is 0 Å². The van der Waals surface area contributed by atoms with Crippen molar-refractivity contribution in [1.29, 1.82) is 0 Å². The van der Waals surface area contributed by atoms with Crippen LogP contribution in [0.2, 0.25) is 0 Å². The number of H-pyrrole nitrogens is 1. The second-order valence-electron chi connectivity index (χ2n) is 5.23. The Morgan fingerprint density at radius 2 is 2.05 bits per heavy atom. The van der Waals surface area contributed by atoms with Gasteiger partial charge in [-0.1, -0.05) is 6.42 Å². The number of imidazole rings is 1. The zero-order chi connectivity index (χ0) is 13.5. The fourth-order valence-corrected chi connectivity index (χ4v) is 4.31. The summed E-state index contributed by atoms with van der Waals surface area (Å²) in [5, 5.41) is 0. The minimum absolute atomic E-state index is 0.784. The van der Waals surface area contributed by atoms with Crippen LogP contribution in [-0.4, -0.2) is 15.0 Å². The highest BCUT2D eigenvalue weighted by Crippen LogP contribution is 2.34. The second-order valence-corrected chi connectivity index (χ2v) is 7.28. The molecule has 0 radical (unpaired) electrons. The Hall–Kier alpha value is -1.20. The summed E-state index contributed by atoms with van der Waals surface area (Å²) in [7, 11) is 0. The summed E-state index contributed by atoms with van der Waals surface area (Å²) in [6.45, 7) is 0. The van der Waals surface area contributed by atoms with Gasteiger partial charge in [0.15, 0.2) is 11.5 Å². The quantitative estimate of drug-likeness (QED) is 0.647. The summed E-state index contributed by atoms with van der Waals surface area (Å²) in [5.74, 6) is 0.948. The number of hydrogen-bond acceptors (Lipinski definition) is 3. The fraction of sp³-hybridized carbons (Fsp3) is 0.333. The first-order valence-electron chi connectivity index (χ1n) is 6.93. The van der Waals surface area contributed by atoms with Gasteiger partial charge in [-0.25, -0.2) is 9.97 Å². The van der Waals surface area contributed by atoms with Crippen molar-refractivity contribution in [1.82, 2.24) is 15.0 Å². The molecular formula is C15H14BrN3S. The van der Waals surface area contributed by atoms with Crippen LogP contribution in [0, 0.1) is 0 Å². The smallest absolute Gasteiger partial charge is 0.178 e. The standard InChI is InChI=1S/C15H14BrN3S/c16-10-7-11-14(17-8-10)19-15(18-11)13-6-9-4-2-1-3-5-12(9)20-13/h6-8H,1-5H2,(H,17,18,19). The number of hydrogen-bond donors (Lipinski definition) is 1. The minimum Gasteiger partial charge on any atom is -0.336 e. The van der Waals surface area contributed by atoms with E-state index in [1.54, 1.807) is 11.1 Å². The Morgan fingerprint density at radius 3 is 3.00 bits per heavy atom. The van der Waals surface area contributed by atoms with E-state index >= 15 is 0 Å². The van der Waals surface area contributed by atoms with Crippen LogP contribution in [0.15, 0.2) is 22.8 Å². The highest BCUT2D eigenvalue weighted by atomic mass is 79.9. The van der Waals surface area contributed by atoms with Gasteiger partial charge in [0.05, 0.1) is 10.4 Å². The van der Waals surface area contributed by atoms with Crippen molar-refractivity contribution in [3.05, 3.63) is 33.2 Å². The third kappa shape index (κ3) is 2.19. The molecule has 102 valence electrons. The van der Waals surface area contributed by atoms with Crippen molar-refractivity contribution in [3.63, 3.8) is 0 Å². The number of nitrogens with one attached hydrogen (secondary N) is 1. The van der Waals surface area contributed by atoms with Crippen LogP contribution >= 0.6 is 27.3 Å². The molecule has 1 aliphatic carbocycles. The molecule has 20 heavy (non-hydrogen) atoms. The maximum absolute atomic E-state index is 4.61. The molecule has 1 N–H and O–H groups in total. The van der Waals surface area contributed by atoms with Gasteiger partial charge < -0.3 is 4.98 Å². The van der Waals surface area contributed by atoms with Gasteiger partial charge in [-0.3, -0.25) is 0 Å². The van der Waals surface area contributed by atoms with Gasteiger partial charge in [0.1, 0.15) is 0 Å². The van der Waals surface area contributed by atoms with Gasteiger partial charge in [0.2, 0.25) is 0 Å². The summed E-state index contributed by atoms with van der Waals surface area (Å²) < 4.78 is 0.974. The molecule has 0 saturated heterocycles. The van der Waals surface area contributed by atoms with E-state index in [9.17, 15) is 0 Å². The predicted octanol–water partition coefficient (Wildman–Crippen LogP) is 4.72. The molecule has 0 aromatic carbocycles. The Bertz CT molecular complexity index is 751. The number of aromatic amines is 1. The summed E-state index contributed by atoms with van der Waals surface area (Å²) >= 11 is 5.33. The third-order valence-corrected chi connectivity index (χ3v) is 5.46. The Labute approximate surface area is 129 Å². The largest absolute Gasteiger partial charge is 0.336 e. The van der Waals surface area contributed by atoms with Gasteiger partial charge in [-0.05, 0) is 59.3 Å². The highest BCUT2D eigenvalue weighted by Gasteiger charge is 2.15. The van der Waals surface area contributed by atoms with Crippen molar-refractivity contribution in [2.45, 2.75) is 32.1 Å². The monoisotopic (exact) mass is 347 g/mol. The molecule has 0 atom stereocenters. The van der Waals surface area contributed by atoms with Crippen molar-refractivity contribution in [2.24, 2.45) is 0 Å². The Balaban J connectivity index is 1.78. The van der Waals surface area contributed by atoms with E-state index in [-0.39, 0.29) is 0 Å². The van der Waals surface area contributed by atoms with E-state index in [2.05, 4.69) is 36.9 Å². The van der Waals surface area contributed by atoms with Crippen molar-refractivity contribution in [3.8, 4) is 10.7 Å². The highest BCUT2D eigenvalue weighted by molar-refractivity contribution is 9.10. The average Bonchev–Trinajstić information content (AvgIpc) is 2.97. The van der Waals surface area contributed by atoms with Gasteiger partial charge in [-0.15, -0.1) is 11.3 Å². The molecule has 3 aromatic rings. The summed E-state index contributed by atoms with van der Waals surface area (Å²) in [6, 6.07) is 4.34. The molecule has 0 unspecified atom stereocenters. The van der Waals surface area contributed by atoms with Gasteiger partial charge >= 0.3 is 0 Å². The van der Waals surface area contributed by atoms with Crippen LogP contribution in [0.25, 0.3) is 21.9 Å². The molecular weight excluding hydrogens is 334 g/mol. The predicted molar refractivity (Wildman–Crippen MR) is 86.2 cm³/mol. The first-order chi connectivity index (χ1) is 9.79. The van der Waals surface area contributed by atoms with Gasteiger partial charge in [0, 0.05) is 15.5 Å². The summed E-state index contributed by atoms with van der Waals surface area (Å²) in [6.07, 6.45) is 8.23. The van der Waals surface area contributed by atoms with Crippen LogP contribution in [0.1, 0.15) is 29.7 Å². The Morgan fingerprint density at radius 1 is 1.15 bits per heavy atom. The number of fused-ring (bicyclic) bond motifs is 2. The van der Waals surface area contributed by atoms with Crippen molar-refractivity contribution < 1.29 is 0 Å². The van der Waals surface area contributed by atoms with Gasteiger partial charge in [-0.2, -0.15) is 0 Å². The number of halogens is 1. The lowest BCUT2D eigenvalue weighted by Gasteiger charge is -1.92. The van der Waals surface area contributed by atoms with Crippen molar-refractivity contribution >= 4 is 38.4 Å². The molecule has 0 saturated carbocycles. The lowest BCUT2D eigenvalue weighted by molar-refractivity contribution is 0.713. The fourth-order valence-electron chi connectivity index (χ4n) is 2.78. The summed E-state index contributed by atoms with van der Waals surface area (Å²) in [4.78, 5) is 15.1. The van der Waals surface area contributed by atoms with Crippen molar-refractivity contribution in [2.75, 3.05) is 0 Å². The van der Waals surface area contributed by atoms with E-state index in [1.165, 1.54) is 42.5 Å². The number of rotatable bonds is 1. The number of thiophene rings is 1. The molecule has 0 aliphatic heterocycles. The maximum Gasteiger partial charge on any atom is 0.178 e. The average molecular weight is 348 g/mol. The molecule has 3 heterocycles. The van der Waals surface area contributed by atoms with Crippen LogP contribution < -0.4 is 0 Å². The second kappa shape index (κ2) is 4.97. The molecule has 3 nitrogen and oxygen atoms in total. The normalized spacial score (nSPS) is 15.2. The van der Waals surface area contributed by atoms with E-state index in [1.807, 2.05) is 17.4 Å². The van der Waals surface area contributed by atoms with Crippen LogP contribution in [0.5, 0.6) is 0 Å². The van der Waals surface area contributed by atoms with E-state index < -0.39 is 0 Å². The first kappa shape index (κ1) is 12.5. The topological polar surface area (TPSA) is 41.6 Å². The molecule has 0 amide bonds. The number of nitrogens with zero attached hydrogens (tertiary/aromatic N) is 2. The van der Waals surface area contributed by atoms with E-state index in [0.717, 1.165) is 21.5 Å². The molecule has 0 bridgehead atoms. The molecule has 5 heteroatoms. The molecule has 4 rings (SSSR count). The molecule has 0 fully saturated rings. The zero-order valence-corrected chi connectivity index (χ0v) is 13.4. The van der Waals surface area contributed by atoms with Crippen LogP contribution in [-0.2, 0) is 12.8 Å². The van der Waals surface area contributed by atoms with Crippen LogP contribution in [0.4, 0.5) is 0 Å². The minimum atomic E-state index is 0.784. The van der Waals surface area contributed by atoms with E-state index in [4.69, 9.17) is 0 Å². The third-order valence-electron chi connectivity index (χ3n) is 3.78. The SMILES string of the molecule is Brc1cnc2nc(-c3cc4c(s3)CCCCC4)[nH]c2c1. The molecule has 3 aromatic heterocycles. The van der Waals surface area contributed by atoms with Crippen LogP contribution in [0.3, 0.4) is 0 Å². The number of aryl methyl sites for hydroxylation is 2. The first-order valence-corrected chi connectivity index (χ1v) is 8.54. The Kier molecular flexibility index (Phi) is 3.11. The molecule has 1 aliphatic rings. The molecule has 0 spiro atoms. The maximum atomic E-state index is 4.61.